The number of halogens is 2. The van der Waals surface area contributed by atoms with Gasteiger partial charge in [-0.25, -0.2) is 0 Å². The molecule has 0 aromatic heterocycles. The van der Waals surface area contributed by atoms with Gasteiger partial charge in [-0.05, 0) is 55.4 Å². The molecule has 0 aliphatic heterocycles. The molecular formula is C17H23Cl2N3O2. The van der Waals surface area contributed by atoms with Crippen LogP contribution >= 0.6 is 24.0 Å². The number of carbonyl (C=O) groups excluding carboxylic acids is 2. The molecule has 24 heavy (non-hydrogen) atoms. The molecule has 2 saturated carbocycles. The summed E-state index contributed by atoms with van der Waals surface area (Å²) in [6.45, 7) is 0.808. The number of fused-ring (bicyclic) bond motifs is 2. The summed E-state index contributed by atoms with van der Waals surface area (Å²) in [4.78, 5) is 24.2. The first-order valence-corrected chi connectivity index (χ1v) is 8.51. The van der Waals surface area contributed by atoms with E-state index >= 15 is 0 Å². The first kappa shape index (κ1) is 19.0. The maximum atomic E-state index is 12.3. The van der Waals surface area contributed by atoms with Crippen LogP contribution in [0.4, 0.5) is 0 Å². The highest BCUT2D eigenvalue weighted by Gasteiger charge is 2.48. The Hall–Kier alpha value is -1.30. The molecule has 4 unspecified atom stereocenters. The molecule has 4 atom stereocenters. The summed E-state index contributed by atoms with van der Waals surface area (Å²) in [5.74, 6) is 0.762. The summed E-state index contributed by atoms with van der Waals surface area (Å²) in [7, 11) is 0. The van der Waals surface area contributed by atoms with Gasteiger partial charge in [0.25, 0.3) is 5.91 Å². The van der Waals surface area contributed by atoms with Crippen LogP contribution in [0.3, 0.4) is 0 Å². The number of amides is 2. The second-order valence-corrected chi connectivity index (χ2v) is 6.93. The van der Waals surface area contributed by atoms with Gasteiger partial charge in [-0.2, -0.15) is 0 Å². The Balaban J connectivity index is 0.00000208. The molecule has 4 N–H and O–H groups in total. The summed E-state index contributed by atoms with van der Waals surface area (Å²) < 4.78 is 0. The Kier molecular flexibility index (Phi) is 6.49. The van der Waals surface area contributed by atoms with Gasteiger partial charge in [0.2, 0.25) is 5.91 Å². The molecule has 2 bridgehead atoms. The number of carbonyl (C=O) groups is 2. The van der Waals surface area contributed by atoms with Gasteiger partial charge in [-0.3, -0.25) is 9.59 Å². The maximum absolute atomic E-state index is 12.3. The first-order valence-electron chi connectivity index (χ1n) is 8.13. The number of nitrogens with two attached hydrogens (primary N) is 1. The molecule has 2 amide bonds. The SMILES string of the molecule is Cl.NC1C2CCC(C2)C1C(=O)NCCNC(=O)c1ccc(Cl)cc1. The topological polar surface area (TPSA) is 84.2 Å². The lowest BCUT2D eigenvalue weighted by Gasteiger charge is -2.27. The highest BCUT2D eigenvalue weighted by molar-refractivity contribution is 6.30. The van der Waals surface area contributed by atoms with E-state index in [-0.39, 0.29) is 36.2 Å². The van der Waals surface area contributed by atoms with Gasteiger partial charge in [0.05, 0.1) is 5.92 Å². The van der Waals surface area contributed by atoms with E-state index in [4.69, 9.17) is 17.3 Å². The van der Waals surface area contributed by atoms with E-state index in [1.165, 1.54) is 0 Å². The minimum absolute atomic E-state index is 0. The molecule has 0 saturated heterocycles. The van der Waals surface area contributed by atoms with Crippen LogP contribution in [0.25, 0.3) is 0 Å². The van der Waals surface area contributed by atoms with Crippen LogP contribution in [0.1, 0.15) is 29.6 Å². The van der Waals surface area contributed by atoms with Gasteiger partial charge in [0.15, 0.2) is 0 Å². The number of benzene rings is 1. The molecule has 0 radical (unpaired) electrons. The van der Waals surface area contributed by atoms with Crippen molar-refractivity contribution in [2.24, 2.45) is 23.5 Å². The summed E-state index contributed by atoms with van der Waals surface area (Å²) in [6, 6.07) is 6.69. The van der Waals surface area contributed by atoms with E-state index in [0.717, 1.165) is 19.3 Å². The third-order valence-corrected chi connectivity index (χ3v) is 5.35. The molecule has 2 aliphatic carbocycles. The largest absolute Gasteiger partial charge is 0.354 e. The zero-order chi connectivity index (χ0) is 16.4. The van der Waals surface area contributed by atoms with Crippen molar-refractivity contribution in [1.29, 1.82) is 0 Å². The van der Waals surface area contributed by atoms with Crippen molar-refractivity contribution in [2.45, 2.75) is 25.3 Å². The summed E-state index contributed by atoms with van der Waals surface area (Å²) in [5, 5.41) is 6.28. The molecule has 132 valence electrons. The van der Waals surface area contributed by atoms with Gasteiger partial charge < -0.3 is 16.4 Å². The molecule has 0 heterocycles. The van der Waals surface area contributed by atoms with Crippen LogP contribution in [-0.2, 0) is 4.79 Å². The zero-order valence-corrected chi connectivity index (χ0v) is 14.9. The summed E-state index contributed by atoms with van der Waals surface area (Å²) >= 11 is 5.79. The van der Waals surface area contributed by atoms with Gasteiger partial charge in [0.1, 0.15) is 0 Å². The fourth-order valence-electron chi connectivity index (χ4n) is 3.91. The van der Waals surface area contributed by atoms with Crippen LogP contribution in [0.2, 0.25) is 5.02 Å². The van der Waals surface area contributed by atoms with Gasteiger partial charge >= 0.3 is 0 Å². The van der Waals surface area contributed by atoms with Crippen LogP contribution in [0.15, 0.2) is 24.3 Å². The van der Waals surface area contributed by atoms with E-state index in [1.807, 2.05) is 0 Å². The Morgan fingerprint density at radius 2 is 1.71 bits per heavy atom. The lowest BCUT2D eigenvalue weighted by atomic mass is 9.84. The molecule has 1 aromatic rings. The fraction of sp³-hybridized carbons (Fsp3) is 0.529. The number of hydrogen-bond donors (Lipinski definition) is 3. The summed E-state index contributed by atoms with van der Waals surface area (Å²) in [5.41, 5.74) is 6.72. The quantitative estimate of drug-likeness (QED) is 0.691. The number of rotatable bonds is 5. The monoisotopic (exact) mass is 371 g/mol. The highest BCUT2D eigenvalue weighted by atomic mass is 35.5. The normalized spacial score (nSPS) is 27.4. The lowest BCUT2D eigenvalue weighted by Crippen LogP contribution is -2.46. The van der Waals surface area contributed by atoms with E-state index in [9.17, 15) is 9.59 Å². The number of hydrogen-bond acceptors (Lipinski definition) is 3. The van der Waals surface area contributed by atoms with Crippen molar-refractivity contribution in [2.75, 3.05) is 13.1 Å². The molecular weight excluding hydrogens is 349 g/mol. The standard InChI is InChI=1S/C17H22ClN3O2.ClH/c18-13-5-3-10(4-6-13)16(22)20-7-8-21-17(23)14-11-1-2-12(9-11)15(14)19;/h3-6,11-12,14-15H,1-2,7-9,19H2,(H,20,22)(H,21,23);1H. The molecule has 3 rings (SSSR count). The predicted octanol–water partition coefficient (Wildman–Crippen LogP) is 1.98. The van der Waals surface area contributed by atoms with E-state index in [1.54, 1.807) is 24.3 Å². The molecule has 7 heteroatoms. The van der Waals surface area contributed by atoms with Crippen LogP contribution in [0, 0.1) is 17.8 Å². The van der Waals surface area contributed by atoms with Gasteiger partial charge in [-0.15, -0.1) is 12.4 Å². The number of nitrogens with one attached hydrogen (secondary N) is 2. The first-order chi connectivity index (χ1) is 11.1. The summed E-state index contributed by atoms with van der Waals surface area (Å²) in [6.07, 6.45) is 3.36. The average molecular weight is 372 g/mol. The third-order valence-electron chi connectivity index (χ3n) is 5.10. The molecule has 5 nitrogen and oxygen atoms in total. The van der Waals surface area contributed by atoms with E-state index < -0.39 is 0 Å². The fourth-order valence-corrected chi connectivity index (χ4v) is 4.03. The van der Waals surface area contributed by atoms with Crippen LogP contribution in [-0.4, -0.2) is 30.9 Å². The second kappa shape index (κ2) is 8.19. The smallest absolute Gasteiger partial charge is 0.251 e. The average Bonchev–Trinajstić information content (AvgIpc) is 3.12. The van der Waals surface area contributed by atoms with Gasteiger partial charge in [-0.1, -0.05) is 11.6 Å². The van der Waals surface area contributed by atoms with Crippen LogP contribution in [0.5, 0.6) is 0 Å². The van der Waals surface area contributed by atoms with Crippen molar-refractivity contribution in [3.05, 3.63) is 34.9 Å². The minimum atomic E-state index is -0.174. The van der Waals surface area contributed by atoms with Gasteiger partial charge in [0, 0.05) is 29.7 Å². The van der Waals surface area contributed by atoms with Crippen molar-refractivity contribution in [3.8, 4) is 0 Å². The van der Waals surface area contributed by atoms with Crippen molar-refractivity contribution in [3.63, 3.8) is 0 Å². The van der Waals surface area contributed by atoms with Crippen molar-refractivity contribution in [1.82, 2.24) is 10.6 Å². The molecule has 2 aliphatic rings. The third kappa shape index (κ3) is 4.02. The highest BCUT2D eigenvalue weighted by Crippen LogP contribution is 2.47. The maximum Gasteiger partial charge on any atom is 0.251 e. The van der Waals surface area contributed by atoms with Crippen molar-refractivity contribution < 1.29 is 9.59 Å². The Morgan fingerprint density at radius 1 is 1.08 bits per heavy atom. The van der Waals surface area contributed by atoms with E-state index in [2.05, 4.69) is 10.6 Å². The molecule has 0 spiro atoms. The van der Waals surface area contributed by atoms with Crippen LogP contribution < -0.4 is 16.4 Å². The van der Waals surface area contributed by atoms with E-state index in [0.29, 0.717) is 35.5 Å². The molecule has 2 fully saturated rings. The Bertz CT molecular complexity index is 592. The van der Waals surface area contributed by atoms with Crippen molar-refractivity contribution >= 4 is 35.8 Å². The second-order valence-electron chi connectivity index (χ2n) is 6.49. The predicted molar refractivity (Wildman–Crippen MR) is 96.3 cm³/mol. The Labute approximate surface area is 153 Å². The lowest BCUT2D eigenvalue weighted by molar-refractivity contribution is -0.127. The zero-order valence-electron chi connectivity index (χ0n) is 13.3. The Morgan fingerprint density at radius 3 is 2.33 bits per heavy atom. The molecule has 1 aromatic carbocycles. The minimum Gasteiger partial charge on any atom is -0.354 e.